The highest BCUT2D eigenvalue weighted by Gasteiger charge is 2.09. The van der Waals surface area contributed by atoms with Crippen molar-refractivity contribution >= 4 is 11.0 Å². The van der Waals surface area contributed by atoms with Crippen molar-refractivity contribution in [2.45, 2.75) is 19.8 Å². The van der Waals surface area contributed by atoms with E-state index in [1.54, 1.807) is 0 Å². The fraction of sp³-hybridized carbons (Fsp3) is 0.300. The summed E-state index contributed by atoms with van der Waals surface area (Å²) in [5.74, 6) is 0.882. The second-order valence-electron chi connectivity index (χ2n) is 3.63. The van der Waals surface area contributed by atoms with Gasteiger partial charge in [-0.25, -0.2) is 4.98 Å². The summed E-state index contributed by atoms with van der Waals surface area (Å²) in [5, 5.41) is 18.5. The highest BCUT2D eigenvalue weighted by atomic mass is 16.3. The van der Waals surface area contributed by atoms with Crippen molar-refractivity contribution in [2.24, 2.45) is 0 Å². The molecule has 4 nitrogen and oxygen atoms in total. The molecule has 14 heavy (non-hydrogen) atoms. The van der Waals surface area contributed by atoms with Gasteiger partial charge in [-0.2, -0.15) is 0 Å². The van der Waals surface area contributed by atoms with E-state index in [2.05, 4.69) is 9.97 Å². The van der Waals surface area contributed by atoms with Crippen LogP contribution in [0.15, 0.2) is 12.1 Å². The summed E-state index contributed by atoms with van der Waals surface area (Å²) in [6, 6.07) is 2.93. The van der Waals surface area contributed by atoms with Crippen LogP contribution >= 0.6 is 0 Å². The monoisotopic (exact) mass is 192 g/mol. The van der Waals surface area contributed by atoms with Gasteiger partial charge in [-0.1, -0.05) is 13.8 Å². The Bertz CT molecular complexity index is 435. The Morgan fingerprint density at radius 2 is 1.86 bits per heavy atom. The fourth-order valence-corrected chi connectivity index (χ4v) is 1.33. The number of aromatic nitrogens is 2. The lowest BCUT2D eigenvalue weighted by Gasteiger charge is -1.95. The van der Waals surface area contributed by atoms with E-state index in [1.165, 1.54) is 12.1 Å². The van der Waals surface area contributed by atoms with Gasteiger partial charge in [-0.3, -0.25) is 0 Å². The first-order valence-corrected chi connectivity index (χ1v) is 4.49. The first-order valence-electron chi connectivity index (χ1n) is 4.49. The molecule has 74 valence electrons. The van der Waals surface area contributed by atoms with Crippen molar-refractivity contribution in [1.29, 1.82) is 0 Å². The molecule has 0 radical (unpaired) electrons. The molecular formula is C10H12N2O2. The van der Waals surface area contributed by atoms with Gasteiger partial charge < -0.3 is 15.2 Å². The van der Waals surface area contributed by atoms with Crippen LogP contribution in [0.3, 0.4) is 0 Å². The van der Waals surface area contributed by atoms with Gasteiger partial charge >= 0.3 is 0 Å². The van der Waals surface area contributed by atoms with Gasteiger partial charge in [-0.15, -0.1) is 0 Å². The Hall–Kier alpha value is -1.71. The lowest BCUT2D eigenvalue weighted by atomic mass is 10.2. The van der Waals surface area contributed by atoms with Gasteiger partial charge in [0.2, 0.25) is 0 Å². The summed E-state index contributed by atoms with van der Waals surface area (Å²) in [4.78, 5) is 7.37. The summed E-state index contributed by atoms with van der Waals surface area (Å²) in [7, 11) is 0. The van der Waals surface area contributed by atoms with Gasteiger partial charge in [-0.05, 0) is 0 Å². The minimum Gasteiger partial charge on any atom is -0.504 e. The standard InChI is InChI=1S/C10H12N2O2/c1-5(2)10-11-6-3-8(13)9(14)4-7(6)12-10/h3-5,13-14H,1-2H3,(H,11,12). The predicted molar refractivity (Wildman–Crippen MR) is 53.5 cm³/mol. The third-order valence-corrected chi connectivity index (χ3v) is 2.14. The van der Waals surface area contributed by atoms with E-state index in [1.807, 2.05) is 13.8 Å². The fourth-order valence-electron chi connectivity index (χ4n) is 1.33. The minimum absolute atomic E-state index is 0.128. The SMILES string of the molecule is CC(C)c1nc2cc(O)c(O)cc2[nH]1. The molecular weight excluding hydrogens is 180 g/mol. The molecule has 2 aromatic rings. The molecule has 0 spiro atoms. The number of hydrogen-bond donors (Lipinski definition) is 3. The Morgan fingerprint density at radius 3 is 2.50 bits per heavy atom. The number of aromatic amines is 1. The molecule has 1 aromatic heterocycles. The average molecular weight is 192 g/mol. The van der Waals surface area contributed by atoms with E-state index in [0.29, 0.717) is 11.4 Å². The van der Waals surface area contributed by atoms with E-state index in [9.17, 15) is 10.2 Å². The molecule has 0 amide bonds. The molecule has 0 aliphatic rings. The van der Waals surface area contributed by atoms with E-state index in [0.717, 1.165) is 11.3 Å². The van der Waals surface area contributed by atoms with Gasteiger partial charge in [0.25, 0.3) is 0 Å². The maximum atomic E-state index is 9.27. The summed E-state index contributed by atoms with van der Waals surface area (Å²) >= 11 is 0. The highest BCUT2D eigenvalue weighted by molar-refractivity contribution is 5.79. The molecule has 0 unspecified atom stereocenters. The van der Waals surface area contributed by atoms with Crippen LogP contribution in [0.2, 0.25) is 0 Å². The number of hydrogen-bond acceptors (Lipinski definition) is 3. The number of nitrogens with one attached hydrogen (secondary N) is 1. The molecule has 0 fully saturated rings. The number of benzene rings is 1. The van der Waals surface area contributed by atoms with E-state index < -0.39 is 0 Å². The van der Waals surface area contributed by atoms with Crippen LogP contribution in [0.1, 0.15) is 25.6 Å². The first kappa shape index (κ1) is 8.87. The van der Waals surface area contributed by atoms with Gasteiger partial charge in [0, 0.05) is 18.1 Å². The van der Waals surface area contributed by atoms with Gasteiger partial charge in [0.1, 0.15) is 5.82 Å². The van der Waals surface area contributed by atoms with Crippen molar-refractivity contribution in [3.8, 4) is 11.5 Å². The number of rotatable bonds is 1. The zero-order valence-corrected chi connectivity index (χ0v) is 8.07. The second-order valence-corrected chi connectivity index (χ2v) is 3.63. The summed E-state index contributed by atoms with van der Waals surface area (Å²) < 4.78 is 0. The predicted octanol–water partition coefficient (Wildman–Crippen LogP) is 2.10. The average Bonchev–Trinajstić information content (AvgIpc) is 2.48. The summed E-state index contributed by atoms with van der Waals surface area (Å²) in [5.41, 5.74) is 1.41. The molecule has 4 heteroatoms. The van der Waals surface area contributed by atoms with Crippen LogP contribution in [-0.2, 0) is 0 Å². The van der Waals surface area contributed by atoms with Crippen molar-refractivity contribution in [3.05, 3.63) is 18.0 Å². The third kappa shape index (κ3) is 1.28. The lowest BCUT2D eigenvalue weighted by molar-refractivity contribution is 0.405. The Balaban J connectivity index is 2.66. The second kappa shape index (κ2) is 2.90. The topological polar surface area (TPSA) is 69.1 Å². The minimum atomic E-state index is -0.140. The van der Waals surface area contributed by atoms with Crippen molar-refractivity contribution in [3.63, 3.8) is 0 Å². The van der Waals surface area contributed by atoms with Crippen LogP contribution < -0.4 is 0 Å². The lowest BCUT2D eigenvalue weighted by Crippen LogP contribution is -1.88. The number of fused-ring (bicyclic) bond motifs is 1. The number of phenols is 2. The normalized spacial score (nSPS) is 11.4. The number of aromatic hydroxyl groups is 2. The largest absolute Gasteiger partial charge is 0.504 e. The zero-order valence-electron chi connectivity index (χ0n) is 8.07. The molecule has 3 N–H and O–H groups in total. The van der Waals surface area contributed by atoms with E-state index in [4.69, 9.17) is 0 Å². The van der Waals surface area contributed by atoms with Crippen LogP contribution in [-0.4, -0.2) is 20.2 Å². The number of imidazole rings is 1. The van der Waals surface area contributed by atoms with Crippen molar-refractivity contribution in [1.82, 2.24) is 9.97 Å². The Labute approximate surface area is 81.2 Å². The number of H-pyrrole nitrogens is 1. The van der Waals surface area contributed by atoms with Crippen LogP contribution in [0.25, 0.3) is 11.0 Å². The van der Waals surface area contributed by atoms with E-state index in [-0.39, 0.29) is 11.5 Å². The van der Waals surface area contributed by atoms with Crippen LogP contribution in [0.4, 0.5) is 0 Å². The molecule has 0 bridgehead atoms. The molecule has 1 heterocycles. The van der Waals surface area contributed by atoms with Crippen molar-refractivity contribution in [2.75, 3.05) is 0 Å². The van der Waals surface area contributed by atoms with E-state index >= 15 is 0 Å². The zero-order chi connectivity index (χ0) is 10.3. The Kier molecular flexibility index (Phi) is 1.84. The molecule has 0 saturated carbocycles. The van der Waals surface area contributed by atoms with Crippen LogP contribution in [0.5, 0.6) is 11.5 Å². The molecule has 1 aromatic carbocycles. The molecule has 0 aliphatic heterocycles. The molecule has 0 aliphatic carbocycles. The maximum absolute atomic E-state index is 9.27. The molecule has 0 saturated heterocycles. The summed E-state index contributed by atoms with van der Waals surface area (Å²) in [6.45, 7) is 4.05. The number of phenolic OH excluding ortho intramolecular Hbond substituents is 2. The maximum Gasteiger partial charge on any atom is 0.159 e. The third-order valence-electron chi connectivity index (χ3n) is 2.14. The molecule has 0 atom stereocenters. The summed E-state index contributed by atoms with van der Waals surface area (Å²) in [6.07, 6.45) is 0. The molecule has 2 rings (SSSR count). The number of nitrogens with zero attached hydrogens (tertiary/aromatic N) is 1. The van der Waals surface area contributed by atoms with Gasteiger partial charge in [0.15, 0.2) is 11.5 Å². The van der Waals surface area contributed by atoms with Crippen molar-refractivity contribution < 1.29 is 10.2 Å². The quantitative estimate of drug-likeness (QED) is 0.606. The van der Waals surface area contributed by atoms with Crippen LogP contribution in [0, 0.1) is 0 Å². The first-order chi connectivity index (χ1) is 6.58. The van der Waals surface area contributed by atoms with Gasteiger partial charge in [0.05, 0.1) is 11.0 Å². The highest BCUT2D eigenvalue weighted by Crippen LogP contribution is 2.29. The Morgan fingerprint density at radius 1 is 1.21 bits per heavy atom. The smallest absolute Gasteiger partial charge is 0.159 e.